The van der Waals surface area contributed by atoms with Gasteiger partial charge in [0.2, 0.25) is 0 Å². The third-order valence-corrected chi connectivity index (χ3v) is 6.69. The molecule has 3 fully saturated rings. The molecule has 0 aromatic carbocycles. The lowest BCUT2D eigenvalue weighted by Crippen LogP contribution is -2.39. The first-order chi connectivity index (χ1) is 10.5. The summed E-state index contributed by atoms with van der Waals surface area (Å²) in [6.45, 7) is 0. The Hall–Kier alpha value is -0.250. The molecule has 0 aliphatic heterocycles. The van der Waals surface area contributed by atoms with Crippen molar-refractivity contribution in [2.75, 3.05) is 0 Å². The van der Waals surface area contributed by atoms with Crippen molar-refractivity contribution < 1.29 is 13.2 Å². The molecule has 3 aliphatic carbocycles. The molecule has 0 aromatic rings. The maximum atomic E-state index is 14.7. The Balaban J connectivity index is 1.52. The fraction of sp³-hybridized carbons (Fsp3) is 1.00. The molecule has 3 rings (SSSR count). The molecule has 3 aliphatic rings. The van der Waals surface area contributed by atoms with E-state index in [0.29, 0.717) is 30.7 Å². The molecule has 0 spiro atoms. The van der Waals surface area contributed by atoms with Gasteiger partial charge < -0.3 is 5.73 Å². The van der Waals surface area contributed by atoms with Crippen LogP contribution >= 0.6 is 0 Å². The van der Waals surface area contributed by atoms with E-state index in [-0.39, 0.29) is 24.7 Å². The summed E-state index contributed by atoms with van der Waals surface area (Å²) in [5, 5.41) is 0. The Bertz CT molecular complexity index is 356. The zero-order chi connectivity index (χ0) is 15.7. The van der Waals surface area contributed by atoms with Crippen LogP contribution < -0.4 is 5.73 Å². The fourth-order valence-electron chi connectivity index (χ4n) is 5.24. The van der Waals surface area contributed by atoms with Crippen LogP contribution in [0.3, 0.4) is 0 Å². The molecular formula is C18H30F3N. The van der Waals surface area contributed by atoms with Crippen molar-refractivity contribution in [3.8, 4) is 0 Å². The van der Waals surface area contributed by atoms with Crippen molar-refractivity contribution in [3.05, 3.63) is 0 Å². The quantitative estimate of drug-likeness (QED) is 0.782. The second-order valence-electron chi connectivity index (χ2n) is 8.03. The van der Waals surface area contributed by atoms with Gasteiger partial charge >= 0.3 is 0 Å². The molecule has 0 bridgehead atoms. The van der Waals surface area contributed by atoms with E-state index in [1.165, 1.54) is 0 Å². The monoisotopic (exact) mass is 317 g/mol. The minimum absolute atomic E-state index is 0.0344. The second-order valence-corrected chi connectivity index (χ2v) is 8.03. The molecule has 0 radical (unpaired) electrons. The van der Waals surface area contributed by atoms with E-state index in [1.807, 2.05) is 0 Å². The Morgan fingerprint density at radius 2 is 1.14 bits per heavy atom. The molecule has 22 heavy (non-hydrogen) atoms. The molecule has 6 atom stereocenters. The van der Waals surface area contributed by atoms with Gasteiger partial charge in [-0.25, -0.2) is 13.2 Å². The number of hydrogen-bond donors (Lipinski definition) is 1. The predicted molar refractivity (Wildman–Crippen MR) is 82.8 cm³/mol. The third-order valence-electron chi connectivity index (χ3n) is 6.69. The largest absolute Gasteiger partial charge is 0.328 e. The van der Waals surface area contributed by atoms with E-state index in [2.05, 4.69) is 0 Å². The van der Waals surface area contributed by atoms with Crippen LogP contribution in [0.1, 0.15) is 64.2 Å². The minimum atomic E-state index is -1.37. The summed E-state index contributed by atoms with van der Waals surface area (Å²) in [4.78, 5) is 0. The second kappa shape index (κ2) is 7.11. The van der Waals surface area contributed by atoms with Gasteiger partial charge in [-0.05, 0) is 87.9 Å². The normalized spacial score (nSPS) is 50.7. The summed E-state index contributed by atoms with van der Waals surface area (Å²) in [6.07, 6.45) is 4.66. The molecule has 6 unspecified atom stereocenters. The standard InChI is InChI=1S/C18H30F3N/c19-16-8-4-13(10-18(16)21)15-7-3-12(9-17(15)20)11-1-5-14(22)6-2-11/h11-18H,1-10,22H2. The van der Waals surface area contributed by atoms with Gasteiger partial charge in [0.15, 0.2) is 0 Å². The summed E-state index contributed by atoms with van der Waals surface area (Å²) in [5.74, 6) is 1.14. The summed E-state index contributed by atoms with van der Waals surface area (Å²) in [7, 11) is 0. The maximum absolute atomic E-state index is 14.7. The van der Waals surface area contributed by atoms with Gasteiger partial charge in [-0.2, -0.15) is 0 Å². The van der Waals surface area contributed by atoms with Crippen molar-refractivity contribution in [3.63, 3.8) is 0 Å². The van der Waals surface area contributed by atoms with Gasteiger partial charge in [0.1, 0.15) is 18.5 Å². The Labute approximate surface area is 132 Å². The summed E-state index contributed by atoms with van der Waals surface area (Å²) >= 11 is 0. The van der Waals surface area contributed by atoms with Crippen molar-refractivity contribution in [2.45, 2.75) is 88.8 Å². The first-order valence-electron chi connectivity index (χ1n) is 9.22. The molecule has 0 saturated heterocycles. The fourth-order valence-corrected chi connectivity index (χ4v) is 5.24. The van der Waals surface area contributed by atoms with Crippen LogP contribution in [0.4, 0.5) is 13.2 Å². The van der Waals surface area contributed by atoms with E-state index in [1.54, 1.807) is 0 Å². The van der Waals surface area contributed by atoms with Crippen LogP contribution in [0.5, 0.6) is 0 Å². The van der Waals surface area contributed by atoms with Crippen LogP contribution in [0, 0.1) is 23.7 Å². The maximum Gasteiger partial charge on any atom is 0.131 e. The zero-order valence-electron chi connectivity index (χ0n) is 13.4. The van der Waals surface area contributed by atoms with Crippen molar-refractivity contribution >= 4 is 0 Å². The molecule has 0 heterocycles. The van der Waals surface area contributed by atoms with Crippen LogP contribution in [0.15, 0.2) is 0 Å². The number of nitrogens with two attached hydrogens (primary N) is 1. The number of alkyl halides is 3. The first-order valence-corrected chi connectivity index (χ1v) is 9.22. The summed E-state index contributed by atoms with van der Waals surface area (Å²) in [6, 6.07) is 0.339. The average Bonchev–Trinajstić information content (AvgIpc) is 2.51. The van der Waals surface area contributed by atoms with Gasteiger partial charge in [0.25, 0.3) is 0 Å². The van der Waals surface area contributed by atoms with E-state index in [9.17, 15) is 13.2 Å². The highest BCUT2D eigenvalue weighted by Gasteiger charge is 2.42. The molecule has 0 aromatic heterocycles. The van der Waals surface area contributed by atoms with Gasteiger partial charge in [-0.15, -0.1) is 0 Å². The topological polar surface area (TPSA) is 26.0 Å². The SMILES string of the molecule is NC1CCC(C2CCC(C3CCC(F)C(F)C3)C(F)C2)CC1. The van der Waals surface area contributed by atoms with Crippen molar-refractivity contribution in [1.29, 1.82) is 0 Å². The van der Waals surface area contributed by atoms with Crippen LogP contribution in [-0.2, 0) is 0 Å². The smallest absolute Gasteiger partial charge is 0.131 e. The summed E-state index contributed by atoms with van der Waals surface area (Å²) < 4.78 is 41.6. The lowest BCUT2D eigenvalue weighted by Gasteiger charge is -2.42. The minimum Gasteiger partial charge on any atom is -0.328 e. The molecule has 4 heteroatoms. The van der Waals surface area contributed by atoms with Gasteiger partial charge in [-0.3, -0.25) is 0 Å². The third kappa shape index (κ3) is 3.63. The molecule has 2 N–H and O–H groups in total. The number of halogens is 3. The lowest BCUT2D eigenvalue weighted by molar-refractivity contribution is 0.00756. The van der Waals surface area contributed by atoms with E-state index < -0.39 is 18.5 Å². The highest BCUT2D eigenvalue weighted by atomic mass is 19.2. The van der Waals surface area contributed by atoms with Crippen LogP contribution in [0.25, 0.3) is 0 Å². The molecule has 128 valence electrons. The highest BCUT2D eigenvalue weighted by molar-refractivity contribution is 4.92. The van der Waals surface area contributed by atoms with E-state index in [4.69, 9.17) is 5.73 Å². The lowest BCUT2D eigenvalue weighted by atomic mass is 9.65. The molecule has 0 amide bonds. The van der Waals surface area contributed by atoms with Crippen LogP contribution in [0.2, 0.25) is 0 Å². The van der Waals surface area contributed by atoms with E-state index >= 15 is 0 Å². The molecular weight excluding hydrogens is 287 g/mol. The Kier molecular flexibility index (Phi) is 5.36. The first kappa shape index (κ1) is 16.6. The van der Waals surface area contributed by atoms with E-state index in [0.717, 1.165) is 38.5 Å². The van der Waals surface area contributed by atoms with Gasteiger partial charge in [0, 0.05) is 6.04 Å². The van der Waals surface area contributed by atoms with Crippen LogP contribution in [-0.4, -0.2) is 24.6 Å². The van der Waals surface area contributed by atoms with Gasteiger partial charge in [0.05, 0.1) is 0 Å². The van der Waals surface area contributed by atoms with Crippen molar-refractivity contribution in [2.24, 2.45) is 29.4 Å². The summed E-state index contributed by atoms with van der Waals surface area (Å²) in [5.41, 5.74) is 5.96. The Morgan fingerprint density at radius 3 is 1.77 bits per heavy atom. The van der Waals surface area contributed by atoms with Crippen molar-refractivity contribution in [1.82, 2.24) is 0 Å². The Morgan fingerprint density at radius 1 is 0.545 bits per heavy atom. The molecule has 3 saturated carbocycles. The number of rotatable bonds is 2. The average molecular weight is 317 g/mol. The molecule has 1 nitrogen and oxygen atoms in total. The zero-order valence-corrected chi connectivity index (χ0v) is 13.4. The van der Waals surface area contributed by atoms with Gasteiger partial charge in [-0.1, -0.05) is 0 Å². The number of hydrogen-bond acceptors (Lipinski definition) is 1. The predicted octanol–water partition coefficient (Wildman–Crippen LogP) is 4.73. The highest BCUT2D eigenvalue weighted by Crippen LogP contribution is 2.46.